The molecule has 2 aromatic heterocycles. The van der Waals surface area contributed by atoms with Gasteiger partial charge >= 0.3 is 5.97 Å². The zero-order valence-corrected chi connectivity index (χ0v) is 12.8. The van der Waals surface area contributed by atoms with Crippen molar-refractivity contribution in [2.75, 3.05) is 12.9 Å². The third-order valence-electron chi connectivity index (χ3n) is 2.49. The minimum absolute atomic E-state index is 0.390. The van der Waals surface area contributed by atoms with Crippen LogP contribution < -0.4 is 0 Å². The van der Waals surface area contributed by atoms with E-state index in [1.807, 2.05) is 13.2 Å². The molecule has 0 fully saturated rings. The summed E-state index contributed by atoms with van der Waals surface area (Å²) in [6, 6.07) is 0. The summed E-state index contributed by atoms with van der Waals surface area (Å²) in [7, 11) is 0. The Morgan fingerprint density at radius 3 is 2.80 bits per heavy atom. The van der Waals surface area contributed by atoms with Crippen molar-refractivity contribution < 1.29 is 9.53 Å². The summed E-state index contributed by atoms with van der Waals surface area (Å²) in [4.78, 5) is 20.7. The first kappa shape index (κ1) is 14.9. The van der Waals surface area contributed by atoms with Gasteiger partial charge in [0.2, 0.25) is 0 Å². The largest absolute Gasteiger partial charge is 0.461 e. The zero-order valence-electron chi connectivity index (χ0n) is 11.2. The number of thioether (sulfide) groups is 1. The molecule has 8 heteroatoms. The maximum absolute atomic E-state index is 12.0. The third-order valence-corrected chi connectivity index (χ3v) is 3.77. The van der Waals surface area contributed by atoms with Crippen LogP contribution in [0.3, 0.4) is 0 Å². The molecule has 0 amide bonds. The van der Waals surface area contributed by atoms with E-state index in [2.05, 4.69) is 19.6 Å². The normalized spacial score (nSPS) is 10.5. The molecule has 0 radical (unpaired) electrons. The summed E-state index contributed by atoms with van der Waals surface area (Å²) in [6.45, 7) is 2.45. The van der Waals surface area contributed by atoms with Gasteiger partial charge in [0, 0.05) is 18.0 Å². The van der Waals surface area contributed by atoms with Crippen molar-refractivity contribution in [1.29, 1.82) is 0 Å². The van der Waals surface area contributed by atoms with Crippen molar-refractivity contribution in [2.45, 2.75) is 24.9 Å². The molecule has 0 unspecified atom stereocenters. The Bertz CT molecular complexity index is 571. The Hall–Kier alpha value is -1.54. The van der Waals surface area contributed by atoms with Gasteiger partial charge in [-0.3, -0.25) is 0 Å². The summed E-state index contributed by atoms with van der Waals surface area (Å²) in [5, 5.41) is 4.64. The average molecular weight is 310 g/mol. The Labute approximate surface area is 125 Å². The highest BCUT2D eigenvalue weighted by Crippen LogP contribution is 2.24. The molecule has 0 spiro atoms. The summed E-state index contributed by atoms with van der Waals surface area (Å²) in [5.74, 6) is -0.391. The van der Waals surface area contributed by atoms with Gasteiger partial charge in [-0.15, -0.1) is 5.10 Å². The molecule has 0 bridgehead atoms. The first-order chi connectivity index (χ1) is 9.76. The van der Waals surface area contributed by atoms with E-state index in [4.69, 9.17) is 4.74 Å². The number of carbonyl (C=O) groups excluding carboxylic acids is 1. The minimum Gasteiger partial charge on any atom is -0.461 e. The van der Waals surface area contributed by atoms with Gasteiger partial charge in [-0.1, -0.05) is 29.6 Å². The highest BCUT2D eigenvalue weighted by Gasteiger charge is 2.19. The minimum atomic E-state index is -0.391. The van der Waals surface area contributed by atoms with Crippen LogP contribution >= 0.6 is 23.3 Å². The van der Waals surface area contributed by atoms with Crippen molar-refractivity contribution in [1.82, 2.24) is 19.6 Å². The van der Waals surface area contributed by atoms with E-state index in [1.165, 1.54) is 11.8 Å². The summed E-state index contributed by atoms with van der Waals surface area (Å²) in [5.41, 5.74) is 1.14. The van der Waals surface area contributed by atoms with Crippen LogP contribution in [-0.2, 0) is 4.74 Å². The fourth-order valence-electron chi connectivity index (χ4n) is 1.43. The molecule has 0 aliphatic heterocycles. The Morgan fingerprint density at radius 1 is 1.40 bits per heavy atom. The molecule has 20 heavy (non-hydrogen) atoms. The lowest BCUT2D eigenvalue weighted by molar-refractivity contribution is 0.0506. The summed E-state index contributed by atoms with van der Waals surface area (Å²) < 4.78 is 9.00. The van der Waals surface area contributed by atoms with Crippen LogP contribution in [0.15, 0.2) is 17.6 Å². The Kier molecular flexibility index (Phi) is 5.42. The van der Waals surface area contributed by atoms with Crippen LogP contribution in [0, 0.1) is 0 Å². The second-order valence-electron chi connectivity index (χ2n) is 3.90. The second kappa shape index (κ2) is 7.30. The SMILES string of the molecule is CCCCOC(=O)c1snnc1-c1cnc(SC)nc1. The predicted octanol–water partition coefficient (Wildman–Crippen LogP) is 2.67. The smallest absolute Gasteiger partial charge is 0.352 e. The average Bonchev–Trinajstić information content (AvgIpc) is 2.97. The van der Waals surface area contributed by atoms with E-state index < -0.39 is 5.97 Å². The third kappa shape index (κ3) is 3.51. The molecule has 0 saturated heterocycles. The predicted molar refractivity (Wildman–Crippen MR) is 77.9 cm³/mol. The number of carbonyl (C=O) groups is 1. The molecule has 2 heterocycles. The standard InChI is InChI=1S/C12H14N4O2S2/c1-3-4-5-18-11(17)10-9(15-16-20-10)8-6-13-12(19-2)14-7-8/h6-7H,3-5H2,1-2H3. The molecule has 0 aromatic carbocycles. The van der Waals surface area contributed by atoms with E-state index in [0.29, 0.717) is 27.9 Å². The topological polar surface area (TPSA) is 77.9 Å². The second-order valence-corrected chi connectivity index (χ2v) is 5.43. The van der Waals surface area contributed by atoms with Crippen LogP contribution in [0.25, 0.3) is 11.3 Å². The van der Waals surface area contributed by atoms with E-state index >= 15 is 0 Å². The molecular formula is C12H14N4O2S2. The molecule has 0 saturated carbocycles. The van der Waals surface area contributed by atoms with Gasteiger partial charge in [0.25, 0.3) is 0 Å². The van der Waals surface area contributed by atoms with Crippen molar-refractivity contribution >= 4 is 29.3 Å². The number of esters is 1. The summed E-state index contributed by atoms with van der Waals surface area (Å²) in [6.07, 6.45) is 7.00. The number of hydrogen-bond donors (Lipinski definition) is 0. The van der Waals surface area contributed by atoms with Crippen molar-refractivity contribution in [2.24, 2.45) is 0 Å². The number of ether oxygens (including phenoxy) is 1. The monoisotopic (exact) mass is 310 g/mol. The lowest BCUT2D eigenvalue weighted by Gasteiger charge is -2.03. The number of rotatable bonds is 6. The van der Waals surface area contributed by atoms with Gasteiger partial charge in [-0.05, 0) is 24.2 Å². The highest BCUT2D eigenvalue weighted by atomic mass is 32.2. The molecule has 0 atom stereocenters. The van der Waals surface area contributed by atoms with Crippen molar-refractivity contribution in [3.8, 4) is 11.3 Å². The lowest BCUT2D eigenvalue weighted by Crippen LogP contribution is -2.06. The maximum atomic E-state index is 12.0. The number of aromatic nitrogens is 4. The zero-order chi connectivity index (χ0) is 14.4. The van der Waals surface area contributed by atoms with Gasteiger partial charge in [0.15, 0.2) is 10.0 Å². The molecule has 106 valence electrons. The van der Waals surface area contributed by atoms with Gasteiger partial charge in [0.1, 0.15) is 5.69 Å². The van der Waals surface area contributed by atoms with Crippen molar-refractivity contribution in [3.63, 3.8) is 0 Å². The number of unbranched alkanes of at least 4 members (excludes halogenated alkanes) is 1. The van der Waals surface area contributed by atoms with E-state index in [0.717, 1.165) is 24.4 Å². The van der Waals surface area contributed by atoms with Gasteiger partial charge < -0.3 is 4.74 Å². The van der Waals surface area contributed by atoms with E-state index in [-0.39, 0.29) is 0 Å². The molecule has 0 N–H and O–H groups in total. The van der Waals surface area contributed by atoms with E-state index in [9.17, 15) is 4.79 Å². The molecule has 2 rings (SSSR count). The first-order valence-corrected chi connectivity index (χ1v) is 8.12. The number of hydrogen-bond acceptors (Lipinski definition) is 8. The fraction of sp³-hybridized carbons (Fsp3) is 0.417. The fourth-order valence-corrected chi connectivity index (χ4v) is 2.33. The molecule has 0 aliphatic rings. The van der Waals surface area contributed by atoms with Crippen LogP contribution in [0.4, 0.5) is 0 Å². The van der Waals surface area contributed by atoms with Crippen molar-refractivity contribution in [3.05, 3.63) is 17.3 Å². The van der Waals surface area contributed by atoms with Crippen LogP contribution in [0.5, 0.6) is 0 Å². The van der Waals surface area contributed by atoms with Crippen LogP contribution in [-0.4, -0.2) is 38.4 Å². The lowest BCUT2D eigenvalue weighted by atomic mass is 10.2. The van der Waals surface area contributed by atoms with Gasteiger partial charge in [-0.25, -0.2) is 14.8 Å². The molecule has 0 aliphatic carbocycles. The molecule has 6 nitrogen and oxygen atoms in total. The Balaban J connectivity index is 2.16. The quantitative estimate of drug-likeness (QED) is 0.351. The van der Waals surface area contributed by atoms with Crippen LogP contribution in [0.2, 0.25) is 0 Å². The van der Waals surface area contributed by atoms with E-state index in [1.54, 1.807) is 12.4 Å². The summed E-state index contributed by atoms with van der Waals surface area (Å²) >= 11 is 2.48. The molecular weight excluding hydrogens is 296 g/mol. The van der Waals surface area contributed by atoms with Gasteiger partial charge in [-0.2, -0.15) is 0 Å². The first-order valence-electron chi connectivity index (χ1n) is 6.12. The highest BCUT2D eigenvalue weighted by molar-refractivity contribution is 7.98. The Morgan fingerprint density at radius 2 is 2.15 bits per heavy atom. The molecule has 2 aromatic rings. The maximum Gasteiger partial charge on any atom is 0.352 e. The van der Waals surface area contributed by atoms with Gasteiger partial charge in [0.05, 0.1) is 6.61 Å². The van der Waals surface area contributed by atoms with Crippen LogP contribution in [0.1, 0.15) is 29.4 Å². The number of nitrogens with zero attached hydrogens (tertiary/aromatic N) is 4.